The Bertz CT molecular complexity index is 439. The first-order chi connectivity index (χ1) is 7.79. The van der Waals surface area contributed by atoms with Gasteiger partial charge in [0.25, 0.3) is 0 Å². The lowest BCUT2D eigenvalue weighted by Gasteiger charge is -2.54. The number of nitrogens with zero attached hydrogens (tertiary/aromatic N) is 1. The largest absolute Gasteiger partial charge is 0.624 e. The van der Waals surface area contributed by atoms with Crippen LogP contribution in [-0.2, 0) is 4.74 Å². The summed E-state index contributed by atoms with van der Waals surface area (Å²) in [7, 11) is 0. The van der Waals surface area contributed by atoms with Gasteiger partial charge >= 0.3 is 0 Å². The number of hydrogen-bond donors (Lipinski definition) is 0. The summed E-state index contributed by atoms with van der Waals surface area (Å²) in [5.74, 6) is 0.360. The van der Waals surface area contributed by atoms with Crippen molar-refractivity contribution in [3.8, 4) is 0 Å². The first-order valence-electron chi connectivity index (χ1n) is 6.04. The molecular formula is C13H15NO2. The summed E-state index contributed by atoms with van der Waals surface area (Å²) >= 11 is 0. The van der Waals surface area contributed by atoms with Gasteiger partial charge < -0.3 is 9.94 Å². The topological polar surface area (TPSA) is 35.3 Å². The maximum atomic E-state index is 12.0. The second kappa shape index (κ2) is 2.59. The molecule has 0 unspecified atom stereocenters. The molecule has 4 atom stereocenters. The van der Waals surface area contributed by atoms with Crippen LogP contribution < -0.4 is 0 Å². The fourth-order valence-electron chi connectivity index (χ4n) is 4.31. The minimum Gasteiger partial charge on any atom is -0.624 e. The van der Waals surface area contributed by atoms with Crippen molar-refractivity contribution < 1.29 is 9.48 Å². The van der Waals surface area contributed by atoms with Gasteiger partial charge in [0.05, 0.1) is 18.6 Å². The second-order valence-corrected chi connectivity index (χ2v) is 5.50. The summed E-state index contributed by atoms with van der Waals surface area (Å²) < 4.78 is 6.96. The van der Waals surface area contributed by atoms with E-state index in [-0.39, 0.29) is 16.9 Å². The minimum absolute atomic E-state index is 0.0544. The molecule has 0 amide bonds. The highest BCUT2D eigenvalue weighted by Crippen LogP contribution is 2.62. The van der Waals surface area contributed by atoms with E-state index in [9.17, 15) is 5.21 Å². The summed E-state index contributed by atoms with van der Waals surface area (Å²) in [6, 6.07) is 0.0844. The zero-order valence-electron chi connectivity index (χ0n) is 9.13. The van der Waals surface area contributed by atoms with Crippen LogP contribution in [0.25, 0.3) is 0 Å². The fraction of sp³-hybridized carbons (Fsp3) is 0.615. The molecule has 3 heterocycles. The summed E-state index contributed by atoms with van der Waals surface area (Å²) in [4.78, 5) is 0. The van der Waals surface area contributed by atoms with Gasteiger partial charge in [-0.05, 0) is 6.42 Å². The summed E-state index contributed by atoms with van der Waals surface area (Å²) in [6.07, 6.45) is 12.8. The molecule has 84 valence electrons. The molecule has 2 fully saturated rings. The van der Waals surface area contributed by atoms with E-state index in [1.807, 2.05) is 6.21 Å². The molecule has 0 spiro atoms. The first-order valence-corrected chi connectivity index (χ1v) is 6.04. The van der Waals surface area contributed by atoms with Gasteiger partial charge in [-0.1, -0.05) is 24.3 Å². The van der Waals surface area contributed by atoms with Crippen LogP contribution in [0.4, 0.5) is 0 Å². The van der Waals surface area contributed by atoms with E-state index >= 15 is 0 Å². The molecule has 0 aromatic heterocycles. The Hall–Kier alpha value is -1.09. The highest BCUT2D eigenvalue weighted by molar-refractivity contribution is 5.62. The van der Waals surface area contributed by atoms with Crippen molar-refractivity contribution in [2.45, 2.75) is 18.9 Å². The van der Waals surface area contributed by atoms with Crippen LogP contribution in [0.2, 0.25) is 0 Å². The van der Waals surface area contributed by atoms with Crippen molar-refractivity contribution in [1.82, 2.24) is 0 Å². The molecule has 0 aromatic rings. The van der Waals surface area contributed by atoms with Crippen LogP contribution in [0, 0.1) is 22.0 Å². The predicted octanol–water partition coefficient (Wildman–Crippen LogP) is 1.49. The molecule has 1 saturated carbocycles. The van der Waals surface area contributed by atoms with Crippen LogP contribution in [0.3, 0.4) is 0 Å². The van der Waals surface area contributed by atoms with Gasteiger partial charge in [0.1, 0.15) is 0 Å². The van der Waals surface area contributed by atoms with Crippen LogP contribution in [-0.4, -0.2) is 30.2 Å². The third-order valence-corrected chi connectivity index (χ3v) is 5.09. The molecule has 0 aromatic carbocycles. The van der Waals surface area contributed by atoms with Gasteiger partial charge in [-0.2, -0.15) is 0 Å². The van der Waals surface area contributed by atoms with Gasteiger partial charge in [0.15, 0.2) is 12.3 Å². The Morgan fingerprint density at radius 3 is 2.69 bits per heavy atom. The van der Waals surface area contributed by atoms with E-state index < -0.39 is 0 Å². The number of allylic oxidation sites excluding steroid dienone is 2. The number of fused-ring (bicyclic) bond motifs is 1. The van der Waals surface area contributed by atoms with E-state index in [1.54, 1.807) is 0 Å². The van der Waals surface area contributed by atoms with E-state index in [1.165, 1.54) is 4.74 Å². The molecule has 0 radical (unpaired) electrons. The minimum atomic E-state index is -0.0544. The number of hydroxylamine groups is 1. The maximum Gasteiger partial charge on any atom is 0.175 e. The fourth-order valence-corrected chi connectivity index (χ4v) is 4.31. The Kier molecular flexibility index (Phi) is 1.46. The Morgan fingerprint density at radius 1 is 1.12 bits per heavy atom. The zero-order chi connectivity index (χ0) is 10.8. The lowest BCUT2D eigenvalue weighted by atomic mass is 9.48. The maximum absolute atomic E-state index is 12.0. The lowest BCUT2D eigenvalue weighted by Crippen LogP contribution is -2.62. The average molecular weight is 217 g/mol. The molecular weight excluding hydrogens is 202 g/mol. The van der Waals surface area contributed by atoms with Crippen molar-refractivity contribution in [2.75, 3.05) is 13.2 Å². The standard InChI is InChI=1S/C13H15NO2/c15-14-7-10-3-4-11(14)13-6-2-1-5-12(10,13)8-16-9-13/h1-2,5-7,10-11H,3-4,8-9H2/t10-,11-,12-,13+/m1/s1. The van der Waals surface area contributed by atoms with Crippen LogP contribution >= 0.6 is 0 Å². The highest BCUT2D eigenvalue weighted by Gasteiger charge is 2.69. The third kappa shape index (κ3) is 0.735. The van der Waals surface area contributed by atoms with Gasteiger partial charge in [0.2, 0.25) is 0 Å². The predicted molar refractivity (Wildman–Crippen MR) is 60.2 cm³/mol. The molecule has 2 aliphatic carbocycles. The summed E-state index contributed by atoms with van der Waals surface area (Å²) in [5.41, 5.74) is 0.0206. The number of rotatable bonds is 0. The first kappa shape index (κ1) is 8.99. The third-order valence-electron chi connectivity index (χ3n) is 5.09. The van der Waals surface area contributed by atoms with Gasteiger partial charge in [0, 0.05) is 17.8 Å². The van der Waals surface area contributed by atoms with Crippen molar-refractivity contribution in [3.05, 3.63) is 29.5 Å². The monoisotopic (exact) mass is 217 g/mol. The van der Waals surface area contributed by atoms with E-state index in [2.05, 4.69) is 24.3 Å². The van der Waals surface area contributed by atoms with Gasteiger partial charge in [-0.15, -0.1) is 0 Å². The molecule has 3 nitrogen and oxygen atoms in total. The number of ether oxygens (including phenoxy) is 1. The van der Waals surface area contributed by atoms with Crippen LogP contribution in [0.15, 0.2) is 24.3 Å². The Balaban J connectivity index is 1.99. The molecule has 0 N–H and O–H groups in total. The van der Waals surface area contributed by atoms with E-state index in [0.717, 1.165) is 19.4 Å². The van der Waals surface area contributed by atoms with Crippen molar-refractivity contribution in [2.24, 2.45) is 16.7 Å². The molecule has 3 heteroatoms. The highest BCUT2D eigenvalue weighted by atomic mass is 16.5. The van der Waals surface area contributed by atoms with Crippen LogP contribution in [0.5, 0.6) is 0 Å². The quantitative estimate of drug-likeness (QED) is 0.455. The van der Waals surface area contributed by atoms with Crippen molar-refractivity contribution >= 4 is 6.21 Å². The summed E-state index contributed by atoms with van der Waals surface area (Å²) in [5, 5.41) is 12.0. The normalized spacial score (nSPS) is 52.4. The smallest absolute Gasteiger partial charge is 0.175 e. The molecule has 5 aliphatic rings. The SMILES string of the molecule is [O-][N+]1=C[C@H]2CC[C@@H]1[C@@]13C=CC=C[C@@]21COC3. The van der Waals surface area contributed by atoms with Crippen LogP contribution in [0.1, 0.15) is 12.8 Å². The average Bonchev–Trinajstić information content (AvgIpc) is 2.71. The Labute approximate surface area is 94.7 Å². The molecule has 16 heavy (non-hydrogen) atoms. The molecule has 1 saturated heterocycles. The van der Waals surface area contributed by atoms with Crippen molar-refractivity contribution in [3.63, 3.8) is 0 Å². The van der Waals surface area contributed by atoms with Gasteiger partial charge in [-0.25, -0.2) is 4.74 Å². The van der Waals surface area contributed by atoms with Gasteiger partial charge in [-0.3, -0.25) is 0 Å². The lowest BCUT2D eigenvalue weighted by molar-refractivity contribution is -0.539. The molecule has 5 rings (SSSR count). The van der Waals surface area contributed by atoms with E-state index in [4.69, 9.17) is 4.74 Å². The van der Waals surface area contributed by atoms with E-state index in [0.29, 0.717) is 12.5 Å². The van der Waals surface area contributed by atoms with Crippen molar-refractivity contribution in [1.29, 1.82) is 0 Å². The molecule has 2 bridgehead atoms. The second-order valence-electron chi connectivity index (χ2n) is 5.50. The molecule has 3 aliphatic heterocycles. The zero-order valence-corrected chi connectivity index (χ0v) is 9.13. The number of hydrogen-bond acceptors (Lipinski definition) is 2. The Morgan fingerprint density at radius 2 is 1.88 bits per heavy atom. The summed E-state index contributed by atoms with van der Waals surface area (Å²) in [6.45, 7) is 1.49.